The van der Waals surface area contributed by atoms with Crippen LogP contribution in [0.2, 0.25) is 0 Å². The van der Waals surface area contributed by atoms with Gasteiger partial charge in [-0.3, -0.25) is 16.6 Å². The van der Waals surface area contributed by atoms with Crippen molar-refractivity contribution in [3.05, 3.63) is 13.9 Å². The Bertz CT molecular complexity index is 427. The van der Waals surface area contributed by atoms with Crippen molar-refractivity contribution in [3.8, 4) is 17.8 Å². The maximum absolute atomic E-state index is 11.6. The van der Waals surface area contributed by atoms with Gasteiger partial charge in [-0.25, -0.2) is 9.63 Å². The monoisotopic (exact) mass is 407 g/mol. The maximum Gasteiger partial charge on any atom is 0.330 e. The molecule has 0 bridgehead atoms. The van der Waals surface area contributed by atoms with E-state index < -0.39 is 23.5 Å². The average Bonchev–Trinajstić information content (AvgIpc) is 2.35. The molecule has 0 aromatic heterocycles. The molecule has 0 saturated carbocycles. The van der Waals surface area contributed by atoms with Gasteiger partial charge in [-0.15, -0.1) is 0 Å². The molecule has 0 aliphatic carbocycles. The van der Waals surface area contributed by atoms with Crippen LogP contribution < -0.4 is 10.2 Å². The summed E-state index contributed by atoms with van der Waals surface area (Å²) in [7, 11) is 1.22. The Kier molecular flexibility index (Phi) is 20.2. The molecule has 1 atom stereocenters. The second-order valence-corrected chi connectivity index (χ2v) is 4.13. The summed E-state index contributed by atoms with van der Waals surface area (Å²) >= 11 is 5.53. The molecule has 0 spiro atoms. The molecule has 0 saturated heterocycles. The Morgan fingerprint density at radius 2 is 1.95 bits per heavy atom. The van der Waals surface area contributed by atoms with E-state index in [-0.39, 0.29) is 60.1 Å². The van der Waals surface area contributed by atoms with Crippen LogP contribution in [-0.2, 0) is 47.0 Å². The van der Waals surface area contributed by atoms with Crippen LogP contribution in [0.1, 0.15) is 20.3 Å². The van der Waals surface area contributed by atoms with Gasteiger partial charge in [0.1, 0.15) is 6.04 Å². The van der Waals surface area contributed by atoms with E-state index in [1.807, 2.05) is 5.92 Å². The van der Waals surface area contributed by atoms with Crippen molar-refractivity contribution < 1.29 is 47.0 Å². The first-order valence-electron chi connectivity index (χ1n) is 5.03. The predicted molar refractivity (Wildman–Crippen MR) is 83.3 cm³/mol. The normalized spacial score (nSPS) is 9.86. The zero-order valence-electron chi connectivity index (χ0n) is 12.5. The third-order valence-electron chi connectivity index (χ3n) is 2.11. The van der Waals surface area contributed by atoms with Crippen molar-refractivity contribution in [1.82, 2.24) is 10.2 Å². The van der Waals surface area contributed by atoms with Gasteiger partial charge in [0.15, 0.2) is 0 Å². The first kappa shape index (κ1) is 28.9. The third kappa shape index (κ3) is 11.0. The SMILES string of the molecule is S.[C-]#CC#CCC(=O)N[C@H](C(=O)OC)C(C)(C)NCl.[CH3-].[Y]. The molecule has 0 unspecified atom stereocenters. The number of nitrogens with one attached hydrogen (secondary N) is 2. The van der Waals surface area contributed by atoms with Crippen molar-refractivity contribution >= 4 is 37.1 Å². The number of carbonyl (C=O) groups is 2. The van der Waals surface area contributed by atoms with Crippen LogP contribution in [-0.4, -0.2) is 30.6 Å². The Morgan fingerprint density at radius 1 is 1.43 bits per heavy atom. The van der Waals surface area contributed by atoms with Crippen LogP contribution in [0, 0.1) is 31.6 Å². The van der Waals surface area contributed by atoms with E-state index in [1.165, 1.54) is 7.11 Å². The number of ether oxygens (including phenoxy) is 1. The van der Waals surface area contributed by atoms with Crippen molar-refractivity contribution in [3.63, 3.8) is 0 Å². The second kappa shape index (κ2) is 14.7. The largest absolute Gasteiger partial charge is 0.467 e. The van der Waals surface area contributed by atoms with Gasteiger partial charge in [-0.2, -0.15) is 19.4 Å². The molecule has 0 rings (SSSR count). The molecule has 0 aromatic rings. The van der Waals surface area contributed by atoms with Gasteiger partial charge >= 0.3 is 5.97 Å². The van der Waals surface area contributed by atoms with Gasteiger partial charge in [-0.1, -0.05) is 0 Å². The number of carbonyl (C=O) groups excluding carboxylic acids is 2. The fourth-order valence-corrected chi connectivity index (χ4v) is 1.20. The van der Waals surface area contributed by atoms with E-state index >= 15 is 0 Å². The van der Waals surface area contributed by atoms with E-state index in [0.717, 1.165) is 0 Å². The predicted octanol–water partition coefficient (Wildman–Crippen LogP) is 0.710. The average molecular weight is 408 g/mol. The van der Waals surface area contributed by atoms with Crippen molar-refractivity contribution in [2.45, 2.75) is 31.8 Å². The van der Waals surface area contributed by atoms with Crippen LogP contribution in [0.25, 0.3) is 0 Å². The van der Waals surface area contributed by atoms with Gasteiger partial charge in [0, 0.05) is 32.7 Å². The summed E-state index contributed by atoms with van der Waals surface area (Å²) in [5, 5.41) is 2.47. The van der Waals surface area contributed by atoms with Crippen LogP contribution in [0.4, 0.5) is 0 Å². The van der Waals surface area contributed by atoms with Crippen molar-refractivity contribution in [1.29, 1.82) is 0 Å². The summed E-state index contributed by atoms with van der Waals surface area (Å²) in [5.41, 5.74) is -0.884. The van der Waals surface area contributed by atoms with Crippen LogP contribution >= 0.6 is 25.3 Å². The molecular formula is C13H19ClN2O3SY-2. The van der Waals surface area contributed by atoms with Gasteiger partial charge in [-0.05, 0) is 25.6 Å². The fourth-order valence-electron chi connectivity index (χ4n) is 1.09. The number of amides is 1. The smallest absolute Gasteiger partial charge is 0.330 e. The molecule has 5 nitrogen and oxygen atoms in total. The number of hydrogen-bond acceptors (Lipinski definition) is 4. The van der Waals surface area contributed by atoms with E-state index in [2.05, 4.69) is 26.7 Å². The third-order valence-corrected chi connectivity index (χ3v) is 2.59. The van der Waals surface area contributed by atoms with Crippen LogP contribution in [0.15, 0.2) is 0 Å². The molecule has 8 heteroatoms. The van der Waals surface area contributed by atoms with E-state index in [1.54, 1.807) is 13.8 Å². The summed E-state index contributed by atoms with van der Waals surface area (Å²) in [6.45, 7) is 3.28. The van der Waals surface area contributed by atoms with E-state index in [0.29, 0.717) is 0 Å². The topological polar surface area (TPSA) is 67.4 Å². The minimum atomic E-state index is -0.946. The zero-order chi connectivity index (χ0) is 14.2. The summed E-state index contributed by atoms with van der Waals surface area (Å²) in [5.74, 6) is 5.35. The first-order valence-corrected chi connectivity index (χ1v) is 5.41. The molecule has 21 heavy (non-hydrogen) atoms. The van der Waals surface area contributed by atoms with Crippen molar-refractivity contribution in [2.75, 3.05) is 7.11 Å². The van der Waals surface area contributed by atoms with Gasteiger partial charge in [0.2, 0.25) is 5.91 Å². The molecule has 0 fully saturated rings. The molecule has 1 amide bonds. The molecule has 0 aromatic carbocycles. The minimum absolute atomic E-state index is 0. The Hall–Kier alpha value is -0.236. The zero-order valence-corrected chi connectivity index (χ0v) is 17.1. The Labute approximate surface area is 164 Å². The molecule has 0 aliphatic rings. The number of methoxy groups -OCH3 is 1. The molecule has 117 valence electrons. The van der Waals surface area contributed by atoms with Crippen molar-refractivity contribution in [2.24, 2.45) is 0 Å². The van der Waals surface area contributed by atoms with E-state index in [9.17, 15) is 9.59 Å². The summed E-state index contributed by atoms with van der Waals surface area (Å²) < 4.78 is 4.60. The number of halogens is 1. The molecule has 0 heterocycles. The first-order chi connectivity index (χ1) is 8.38. The molecule has 2 N–H and O–H groups in total. The standard InChI is InChI=1S/C12H14ClN2O3.CH3.H2S.Y/c1-5-6-7-8-9(16)14-10(11(17)18-4)12(2,3)15-13;;;/h10,15H,8H2,2-4H3,(H,14,16);1H3;1H2;/q2*-1;;/t10-;;;/m1.../s1. The fraction of sp³-hybridized carbons (Fsp3) is 0.462. The molecule has 0 aliphatic heterocycles. The van der Waals surface area contributed by atoms with Crippen LogP contribution in [0.5, 0.6) is 0 Å². The minimum Gasteiger partial charge on any atom is -0.467 e. The number of hydrogen-bond donors (Lipinski definition) is 2. The maximum atomic E-state index is 11.6. The molecular weight excluding hydrogens is 389 g/mol. The van der Waals surface area contributed by atoms with Gasteiger partial charge < -0.3 is 23.9 Å². The quantitative estimate of drug-likeness (QED) is 0.305. The van der Waals surface area contributed by atoms with E-state index in [4.69, 9.17) is 18.2 Å². The van der Waals surface area contributed by atoms with Gasteiger partial charge in [0.05, 0.1) is 19.1 Å². The number of rotatable bonds is 5. The molecule has 1 radical (unpaired) electrons. The second-order valence-electron chi connectivity index (χ2n) is 3.94. The van der Waals surface area contributed by atoms with Gasteiger partial charge in [0.25, 0.3) is 0 Å². The number of esters is 1. The Balaban J connectivity index is -0.000000482. The Morgan fingerprint density at radius 3 is 2.33 bits per heavy atom. The summed E-state index contributed by atoms with van der Waals surface area (Å²) in [6.07, 6.45) is 6.42. The van der Waals surface area contributed by atoms with Crippen LogP contribution in [0.3, 0.4) is 0 Å². The summed E-state index contributed by atoms with van der Waals surface area (Å²) in [6, 6.07) is -0.946. The summed E-state index contributed by atoms with van der Waals surface area (Å²) in [4.78, 5) is 25.5.